The average molecular weight is 1590 g/mol. The Morgan fingerprint density at radius 1 is 0.577 bits per heavy atom. The maximum Gasteiger partial charge on any atom is 0.305 e. The summed E-state index contributed by atoms with van der Waals surface area (Å²) in [4.78, 5) is 155. The number of benzene rings is 5. The first-order valence-electron chi connectivity index (χ1n) is 34.7. The zero-order valence-corrected chi connectivity index (χ0v) is 60.6. The number of carboxylic acids is 1. The van der Waals surface area contributed by atoms with Crippen LogP contribution in [-0.2, 0) is 73.6 Å². The van der Waals surface area contributed by atoms with E-state index >= 15 is 58.7 Å². The maximum absolute atomic E-state index is 16.0. The number of aliphatic carboxylic acids is 1. The van der Waals surface area contributed by atoms with Gasteiger partial charge in [0.15, 0.2) is 46.5 Å². The fourth-order valence-corrected chi connectivity index (χ4v) is 14.7. The van der Waals surface area contributed by atoms with Crippen molar-refractivity contribution in [3.63, 3.8) is 0 Å². The number of H-pyrrole nitrogens is 3. The van der Waals surface area contributed by atoms with Crippen LogP contribution < -0.4 is 48.3 Å². The Balaban J connectivity index is 1.02. The second-order valence-corrected chi connectivity index (χ2v) is 28.8. The molecule has 111 heavy (non-hydrogen) atoms. The molecule has 3 aromatic heterocycles. The average Bonchev–Trinajstić information content (AvgIpc) is 1.52. The van der Waals surface area contributed by atoms with Crippen molar-refractivity contribution in [3.8, 4) is 16.9 Å². The summed E-state index contributed by atoms with van der Waals surface area (Å²) in [5.41, 5.74) is 1.01. The van der Waals surface area contributed by atoms with Crippen LogP contribution in [0, 0.1) is 58.2 Å². The van der Waals surface area contributed by atoms with Crippen LogP contribution in [-0.4, -0.2) is 173 Å². The fourth-order valence-electron chi connectivity index (χ4n) is 13.0. The highest BCUT2D eigenvalue weighted by Gasteiger charge is 2.48. The van der Waals surface area contributed by atoms with Gasteiger partial charge in [-0.2, -0.15) is 0 Å². The first kappa shape index (κ1) is 82.3. The van der Waals surface area contributed by atoms with Crippen molar-refractivity contribution in [1.82, 2.24) is 67.4 Å². The number of aromatic hydroxyl groups is 1. The lowest BCUT2D eigenvalue weighted by Crippen LogP contribution is -2.62. The first-order valence-corrected chi connectivity index (χ1v) is 36.7. The number of carbonyl (C=O) groups is 10. The number of amides is 9. The van der Waals surface area contributed by atoms with Gasteiger partial charge in [0.1, 0.15) is 65.2 Å². The van der Waals surface area contributed by atoms with Crippen molar-refractivity contribution in [2.45, 2.75) is 142 Å². The van der Waals surface area contributed by atoms with Crippen LogP contribution in [0.1, 0.15) is 81.2 Å². The van der Waals surface area contributed by atoms with E-state index in [1.54, 1.807) is 0 Å². The topological polar surface area (TPSA) is 397 Å². The third-order valence-electron chi connectivity index (χ3n) is 18.8. The van der Waals surface area contributed by atoms with Gasteiger partial charge in [0.05, 0.1) is 33.7 Å². The smallest absolute Gasteiger partial charge is 0.305 e. The van der Waals surface area contributed by atoms with Crippen molar-refractivity contribution in [2.24, 2.45) is 5.73 Å². The standard InChI is InChI=1S/C73H74F10N14O12S2/c1-33-65(102)92-46(23-35-29-87-43-13-9-37(74)25-41(35)43)67(104)93-47(24-36-30-88-44-14-10-38(75)26-42(36)44)68(105)95-49(28-52(100)101)70(107)94-48(27-39-31-85-32-89-39)69(106)96-50(22-34-7-11-40(98)12-8-34)71(108)97-19-5-16-73(97,2)72(109)86-18-21-111-64-61(82)57(78)54(58(79)62(64)83)53-55(76)59(80)63(60(81)56(53)77)110-20-15-51(99)91-45(66(103)90-33)6-3-4-17-84/h7-14,25-26,29-33,45-50,87-88,98H,3-6,15-24,27-28,84H2,1-2H3,(H,85,89)(H,86,109)(H,90,103)(H,91,99)(H,92,102)(H,93,104)(H,94,107)(H,95,105)(H,96,106)(H,100,101)/t33-,45+,46+,47+,48+,49+,50+,73+/m1/s1. The molecule has 1 fully saturated rings. The summed E-state index contributed by atoms with van der Waals surface area (Å²) in [7, 11) is 0. The number of carboxylic acid groups (broad SMARTS) is 1. The second kappa shape index (κ2) is 36.1. The number of nitrogens with one attached hydrogen (secondary N) is 11. The molecule has 4 aliphatic heterocycles. The van der Waals surface area contributed by atoms with Gasteiger partial charge in [0.25, 0.3) is 0 Å². The van der Waals surface area contributed by atoms with E-state index in [0.29, 0.717) is 16.6 Å². The number of hydrogen-bond donors (Lipinski definition) is 14. The molecule has 5 aromatic carbocycles. The van der Waals surface area contributed by atoms with E-state index < -0.39 is 236 Å². The Bertz CT molecular complexity index is 4830. The Morgan fingerprint density at radius 3 is 1.59 bits per heavy atom. The van der Waals surface area contributed by atoms with E-state index in [4.69, 9.17) is 5.73 Å². The third-order valence-corrected chi connectivity index (χ3v) is 21.0. The molecule has 590 valence electrons. The minimum atomic E-state index is -2.51. The van der Waals surface area contributed by atoms with Crippen molar-refractivity contribution in [2.75, 3.05) is 31.1 Å². The number of aromatic nitrogens is 4. The van der Waals surface area contributed by atoms with E-state index in [2.05, 4.69) is 62.5 Å². The quantitative estimate of drug-likeness (QED) is 0.0327. The molecule has 8 atom stereocenters. The number of phenols is 1. The number of imidazole rings is 1. The van der Waals surface area contributed by atoms with Gasteiger partial charge >= 0.3 is 5.97 Å². The highest BCUT2D eigenvalue weighted by molar-refractivity contribution is 7.99. The van der Waals surface area contributed by atoms with E-state index in [1.807, 2.05) is 0 Å². The number of halogens is 10. The van der Waals surface area contributed by atoms with Crippen molar-refractivity contribution in [1.29, 1.82) is 0 Å². The molecule has 7 heterocycles. The van der Waals surface area contributed by atoms with E-state index in [9.17, 15) is 43.4 Å². The van der Waals surface area contributed by atoms with Crippen LogP contribution in [0.5, 0.6) is 5.75 Å². The Morgan fingerprint density at radius 2 is 1.07 bits per heavy atom. The molecule has 15 N–H and O–H groups in total. The molecular formula is C73H74F10N14O12S2. The molecule has 4 bridgehead atoms. The molecule has 1 saturated heterocycles. The van der Waals surface area contributed by atoms with Crippen LogP contribution in [0.3, 0.4) is 0 Å². The molecule has 8 aromatic rings. The van der Waals surface area contributed by atoms with Crippen LogP contribution in [0.15, 0.2) is 95.4 Å². The molecule has 4 aliphatic rings. The fraction of sp³-hybridized carbons (Fsp3) is 0.356. The van der Waals surface area contributed by atoms with Crippen molar-refractivity contribution in [3.05, 3.63) is 166 Å². The van der Waals surface area contributed by atoms with Gasteiger partial charge in [0, 0.05) is 103 Å². The van der Waals surface area contributed by atoms with Crippen LogP contribution in [0.25, 0.3) is 32.9 Å². The Labute approximate surface area is 633 Å². The molecule has 0 unspecified atom stereocenters. The molecule has 0 saturated carbocycles. The normalized spacial score (nSPS) is 21.6. The van der Waals surface area contributed by atoms with Crippen LogP contribution >= 0.6 is 23.5 Å². The molecule has 38 heteroatoms. The predicted octanol–water partition coefficient (Wildman–Crippen LogP) is 6.21. The monoisotopic (exact) mass is 1590 g/mol. The number of fused-ring (bicyclic) bond motifs is 4. The van der Waals surface area contributed by atoms with Gasteiger partial charge in [-0.1, -0.05) is 12.1 Å². The Kier molecular flexibility index (Phi) is 26.8. The molecule has 9 amide bonds. The van der Waals surface area contributed by atoms with Crippen LogP contribution in [0.4, 0.5) is 43.9 Å². The largest absolute Gasteiger partial charge is 0.508 e. The maximum atomic E-state index is 16.0. The summed E-state index contributed by atoms with van der Waals surface area (Å²) in [6, 6.07) is -0.0495. The van der Waals surface area contributed by atoms with Gasteiger partial charge in [0.2, 0.25) is 53.2 Å². The number of aromatic amines is 3. The number of carbonyl (C=O) groups excluding carboxylic acids is 9. The number of rotatable bonds is 14. The van der Waals surface area contributed by atoms with Crippen molar-refractivity contribution >= 4 is 104 Å². The summed E-state index contributed by atoms with van der Waals surface area (Å²) in [6.07, 6.45) is 1.53. The summed E-state index contributed by atoms with van der Waals surface area (Å²) in [5, 5.41) is 40.7. The van der Waals surface area contributed by atoms with Crippen molar-refractivity contribution < 1.29 is 102 Å². The first-order chi connectivity index (χ1) is 52.8. The van der Waals surface area contributed by atoms with Crippen LogP contribution in [0.2, 0.25) is 0 Å². The third kappa shape index (κ3) is 19.4. The number of nitrogens with two attached hydrogens (primary N) is 1. The lowest BCUT2D eigenvalue weighted by atomic mass is 9.95. The molecule has 0 spiro atoms. The van der Waals surface area contributed by atoms with Gasteiger partial charge in [-0.15, -0.1) is 23.5 Å². The minimum Gasteiger partial charge on any atom is -0.508 e. The van der Waals surface area contributed by atoms with Gasteiger partial charge < -0.3 is 78.3 Å². The summed E-state index contributed by atoms with van der Waals surface area (Å²) in [6.45, 7) is 1.85. The second-order valence-electron chi connectivity index (χ2n) is 26.6. The van der Waals surface area contributed by atoms with Gasteiger partial charge in [-0.05, 0) is 118 Å². The zero-order valence-electron chi connectivity index (χ0n) is 59.0. The summed E-state index contributed by atoms with van der Waals surface area (Å²) in [5.74, 6) is -33.9. The van der Waals surface area contributed by atoms with Gasteiger partial charge in [-0.3, -0.25) is 47.9 Å². The van der Waals surface area contributed by atoms with E-state index in [1.165, 1.54) is 68.2 Å². The number of hydrogen-bond acceptors (Lipinski definition) is 15. The molecular weight excluding hydrogens is 1520 g/mol. The summed E-state index contributed by atoms with van der Waals surface area (Å²) < 4.78 is 157. The predicted molar refractivity (Wildman–Crippen MR) is 382 cm³/mol. The summed E-state index contributed by atoms with van der Waals surface area (Å²) >= 11 is 0.0195. The Hall–Kier alpha value is -11.2. The number of thioether (sulfide) groups is 2. The lowest BCUT2D eigenvalue weighted by Gasteiger charge is -2.36. The minimum absolute atomic E-state index is 0.0280. The molecule has 0 aliphatic carbocycles. The number of unbranched alkanes of at least 4 members (excludes halogenated alkanes) is 1. The van der Waals surface area contributed by atoms with Gasteiger partial charge in [-0.25, -0.2) is 48.9 Å². The molecule has 0 radical (unpaired) electrons. The SMILES string of the molecule is C[C@H]1NC(=O)[C@H](CCCCN)NC(=O)CCSc2c(F)c(F)c(c(F)c2F)-c2c(F)c(F)c(c(F)c2F)SCCNC(=O)[C@]2(C)CCCN2C(=O)[C@H](Cc2ccc(O)cc2)NC(=O)[C@H](Cc2cnc[nH]2)NC(=O)[C@H](CC(=O)O)NC(=O)[C@H](Cc2c[nH]c3ccc(F)cc23)NC(=O)[C@H](Cc2c[nH]c3ccc(F)cc23)NC1=O. The highest BCUT2D eigenvalue weighted by atomic mass is 32.2. The zero-order chi connectivity index (χ0) is 80.3. The number of nitrogens with zero attached hydrogens (tertiary/aromatic N) is 2. The van der Waals surface area contributed by atoms with E-state index in [-0.39, 0.29) is 108 Å². The van der Waals surface area contributed by atoms with E-state index in [0.717, 1.165) is 36.1 Å². The molecule has 26 nitrogen and oxygen atoms in total. The molecule has 12 rings (SSSR count). The number of phenolic OH excluding ortho intramolecular Hbond substituents is 1. The highest BCUT2D eigenvalue weighted by Crippen LogP contribution is 2.43. The lowest BCUT2D eigenvalue weighted by molar-refractivity contribution is -0.146.